The van der Waals surface area contributed by atoms with Gasteiger partial charge in [-0.05, 0) is 72.7 Å². The first-order valence-electron chi connectivity index (χ1n) is 14.4. The van der Waals surface area contributed by atoms with Crippen molar-refractivity contribution >= 4 is 23.6 Å². The molecule has 0 aromatic heterocycles. The van der Waals surface area contributed by atoms with E-state index in [1.807, 2.05) is 49.7 Å². The average molecular weight is 643 g/mol. The topological polar surface area (TPSA) is 103 Å². The van der Waals surface area contributed by atoms with Gasteiger partial charge in [-0.15, -0.1) is 24.9 Å². The fraction of sp³-hybridized carbons (Fsp3) is 0.333. The summed E-state index contributed by atoms with van der Waals surface area (Å²) in [5.74, 6) is -1.07. The summed E-state index contributed by atoms with van der Waals surface area (Å²) in [6.45, 7) is 4.46. The summed E-state index contributed by atoms with van der Waals surface area (Å²) in [5, 5.41) is 22.2. The number of hydrogen-bond acceptors (Lipinski definition) is 7. The van der Waals surface area contributed by atoms with Gasteiger partial charge in [0.15, 0.2) is 0 Å². The number of ether oxygens (including phenoxy) is 1. The number of likely N-dealkylation sites (N-methyl/N-ethyl adjacent to an activating group) is 1. The maximum absolute atomic E-state index is 13.5. The van der Waals surface area contributed by atoms with E-state index in [4.69, 9.17) is 0 Å². The van der Waals surface area contributed by atoms with Crippen LogP contribution in [0.5, 0.6) is 5.75 Å². The molecule has 4 N–H and O–H groups in total. The number of carbonyl (C=O) groups is 2. The molecular weight excluding hydrogens is 605 g/mol. The number of carbonyl (C=O) groups excluding carboxylic acids is 2. The second-order valence-corrected chi connectivity index (χ2v) is 12.0. The van der Waals surface area contributed by atoms with E-state index in [9.17, 15) is 27.9 Å². The van der Waals surface area contributed by atoms with Crippen LogP contribution in [0.1, 0.15) is 44.3 Å². The molecule has 0 spiro atoms. The third-order valence-corrected chi connectivity index (χ3v) is 8.59. The molecule has 240 valence electrons. The summed E-state index contributed by atoms with van der Waals surface area (Å²) in [4.78, 5) is 28.6. The normalized spacial score (nSPS) is 16.1. The van der Waals surface area contributed by atoms with Gasteiger partial charge in [-0.25, -0.2) is 0 Å². The van der Waals surface area contributed by atoms with Crippen molar-refractivity contribution in [2.75, 3.05) is 20.1 Å². The van der Waals surface area contributed by atoms with E-state index in [-0.39, 0.29) is 35.7 Å². The van der Waals surface area contributed by atoms with Crippen LogP contribution in [0.2, 0.25) is 0 Å². The van der Waals surface area contributed by atoms with Crippen molar-refractivity contribution in [3.63, 3.8) is 0 Å². The Kier molecular flexibility index (Phi) is 11.5. The van der Waals surface area contributed by atoms with Crippen molar-refractivity contribution < 1.29 is 32.6 Å². The molecule has 4 rings (SSSR count). The fourth-order valence-corrected chi connectivity index (χ4v) is 5.90. The van der Waals surface area contributed by atoms with E-state index in [1.54, 1.807) is 36.9 Å². The van der Waals surface area contributed by atoms with Crippen molar-refractivity contribution in [1.82, 2.24) is 20.9 Å². The van der Waals surface area contributed by atoms with Gasteiger partial charge in [-0.1, -0.05) is 42.5 Å². The molecule has 8 nitrogen and oxygen atoms in total. The number of aliphatic hydroxyl groups is 1. The lowest BCUT2D eigenvalue weighted by molar-refractivity contribution is -0.274. The molecule has 0 aliphatic carbocycles. The Bertz CT molecular complexity index is 1500. The Morgan fingerprint density at radius 2 is 1.67 bits per heavy atom. The summed E-state index contributed by atoms with van der Waals surface area (Å²) < 4.78 is 41.8. The molecule has 0 saturated heterocycles. The van der Waals surface area contributed by atoms with Crippen LogP contribution in [0.15, 0.2) is 83.9 Å². The van der Waals surface area contributed by atoms with E-state index in [0.29, 0.717) is 24.1 Å². The number of allylic oxidation sites excluding steroid dienone is 1. The molecule has 3 aromatic carbocycles. The molecule has 1 aliphatic rings. The number of benzene rings is 3. The molecule has 3 aromatic rings. The Balaban J connectivity index is 1.41. The molecule has 0 bridgehead atoms. The molecule has 0 saturated carbocycles. The number of aryl methyl sites for hydroxylation is 1. The van der Waals surface area contributed by atoms with Crippen LogP contribution in [0.25, 0.3) is 0 Å². The summed E-state index contributed by atoms with van der Waals surface area (Å²) in [7, 11) is 1.97. The lowest BCUT2D eigenvalue weighted by atomic mass is 9.99. The van der Waals surface area contributed by atoms with E-state index >= 15 is 0 Å². The van der Waals surface area contributed by atoms with Crippen LogP contribution in [0.4, 0.5) is 13.2 Å². The Hall–Kier alpha value is -4.00. The third-order valence-electron chi connectivity index (χ3n) is 7.32. The Morgan fingerprint density at radius 1 is 0.978 bits per heavy atom. The summed E-state index contributed by atoms with van der Waals surface area (Å²) in [5.41, 5.74) is 3.92. The van der Waals surface area contributed by atoms with Gasteiger partial charge < -0.3 is 30.7 Å². The SMILES string of the molecule is CC1=CSC(CNC(=O)c2cc(C)cc(C(=O)N[C@@H](Cc3ccccc3)[C@H](O)CNCc3cccc(OC(F)(F)F)c3)c2)N1C. The van der Waals surface area contributed by atoms with Crippen molar-refractivity contribution in [3.05, 3.63) is 112 Å². The zero-order valence-corrected chi connectivity index (χ0v) is 26.0. The monoisotopic (exact) mass is 642 g/mol. The number of aliphatic hydroxyl groups excluding tert-OH is 1. The predicted octanol–water partition coefficient (Wildman–Crippen LogP) is 4.98. The van der Waals surface area contributed by atoms with Gasteiger partial charge in [0.05, 0.1) is 17.5 Å². The van der Waals surface area contributed by atoms with Crippen LogP contribution in [-0.4, -0.2) is 65.8 Å². The van der Waals surface area contributed by atoms with Gasteiger partial charge >= 0.3 is 6.36 Å². The molecule has 1 heterocycles. The Morgan fingerprint density at radius 3 is 2.33 bits per heavy atom. The summed E-state index contributed by atoms with van der Waals surface area (Å²) in [6, 6.07) is 19.2. The van der Waals surface area contributed by atoms with E-state index in [0.717, 1.165) is 16.8 Å². The van der Waals surface area contributed by atoms with E-state index in [2.05, 4.69) is 25.6 Å². The minimum atomic E-state index is -4.80. The predicted molar refractivity (Wildman–Crippen MR) is 169 cm³/mol. The van der Waals surface area contributed by atoms with Crippen LogP contribution in [0, 0.1) is 6.92 Å². The smallest absolute Gasteiger partial charge is 0.406 e. The molecule has 12 heteroatoms. The molecule has 1 unspecified atom stereocenters. The fourth-order valence-electron chi connectivity index (χ4n) is 4.85. The number of thioether (sulfide) groups is 1. The Labute approximate surface area is 265 Å². The van der Waals surface area contributed by atoms with Gasteiger partial charge in [-0.3, -0.25) is 9.59 Å². The largest absolute Gasteiger partial charge is 0.573 e. The summed E-state index contributed by atoms with van der Waals surface area (Å²) >= 11 is 1.63. The molecule has 45 heavy (non-hydrogen) atoms. The highest BCUT2D eigenvalue weighted by Gasteiger charge is 2.31. The second-order valence-electron chi connectivity index (χ2n) is 10.9. The maximum atomic E-state index is 13.5. The maximum Gasteiger partial charge on any atom is 0.573 e. The minimum Gasteiger partial charge on any atom is -0.406 e. The minimum absolute atomic E-state index is 0.0472. The standard InChI is InChI=1S/C33H37F3N4O4S/c1-21-12-25(31(42)38-19-30-40(3)22(2)20-45-30)16-26(13-21)32(43)39-28(15-23-8-5-4-6-9-23)29(41)18-37-17-24-10-7-11-27(14-24)44-33(34,35)36/h4-14,16,20,28-30,37,41H,15,17-19H2,1-3H3,(H,38,42)(H,39,43)/t28-,29+,30?/m0/s1. The lowest BCUT2D eigenvalue weighted by Crippen LogP contribution is -2.48. The molecule has 2 amide bonds. The van der Waals surface area contributed by atoms with Gasteiger partial charge in [0, 0.05) is 43.5 Å². The number of rotatable bonds is 13. The van der Waals surface area contributed by atoms with E-state index < -0.39 is 24.4 Å². The van der Waals surface area contributed by atoms with Gasteiger partial charge in [-0.2, -0.15) is 0 Å². The molecule has 0 fully saturated rings. The van der Waals surface area contributed by atoms with Crippen molar-refractivity contribution in [1.29, 1.82) is 0 Å². The quantitative estimate of drug-likeness (QED) is 0.209. The highest BCUT2D eigenvalue weighted by atomic mass is 32.2. The number of amides is 2. The van der Waals surface area contributed by atoms with Crippen molar-refractivity contribution in [3.8, 4) is 5.75 Å². The van der Waals surface area contributed by atoms with Crippen molar-refractivity contribution in [2.24, 2.45) is 0 Å². The second kappa shape index (κ2) is 15.3. The third kappa shape index (κ3) is 10.3. The first kappa shape index (κ1) is 33.9. The van der Waals surface area contributed by atoms with Crippen LogP contribution in [-0.2, 0) is 13.0 Å². The van der Waals surface area contributed by atoms with Crippen LogP contribution in [0.3, 0.4) is 0 Å². The highest BCUT2D eigenvalue weighted by molar-refractivity contribution is 8.02. The lowest BCUT2D eigenvalue weighted by Gasteiger charge is -2.25. The first-order chi connectivity index (χ1) is 21.4. The number of nitrogens with zero attached hydrogens (tertiary/aromatic N) is 1. The van der Waals surface area contributed by atoms with Gasteiger partial charge in [0.25, 0.3) is 11.8 Å². The van der Waals surface area contributed by atoms with Crippen molar-refractivity contribution in [2.45, 2.75) is 50.7 Å². The highest BCUT2D eigenvalue weighted by Crippen LogP contribution is 2.28. The zero-order valence-electron chi connectivity index (χ0n) is 25.2. The first-order valence-corrected chi connectivity index (χ1v) is 15.4. The number of nitrogens with one attached hydrogen (secondary N) is 3. The van der Waals surface area contributed by atoms with Crippen LogP contribution >= 0.6 is 11.8 Å². The number of hydrogen-bond donors (Lipinski definition) is 4. The number of alkyl halides is 3. The number of halogens is 3. The molecule has 3 atom stereocenters. The van der Waals surface area contributed by atoms with Gasteiger partial charge in [0.2, 0.25) is 0 Å². The molecular formula is C33H37F3N4O4S. The zero-order chi connectivity index (χ0) is 32.6. The van der Waals surface area contributed by atoms with E-state index in [1.165, 1.54) is 24.3 Å². The van der Waals surface area contributed by atoms with Crippen LogP contribution < -0.4 is 20.7 Å². The summed E-state index contributed by atoms with van der Waals surface area (Å²) in [6.07, 6.45) is -5.52. The molecule has 0 radical (unpaired) electrons. The molecule has 1 aliphatic heterocycles. The van der Waals surface area contributed by atoms with Gasteiger partial charge in [0.1, 0.15) is 5.75 Å². The average Bonchev–Trinajstić information content (AvgIpc) is 3.31.